The number of aliphatic hydroxyl groups is 2. The summed E-state index contributed by atoms with van der Waals surface area (Å²) in [5, 5.41) is 23.5. The second-order valence-electron chi connectivity index (χ2n) is 20.6. The molecule has 1 aliphatic carbocycles. The molecular weight excluding hydrogens is 899 g/mol. The Kier molecular flexibility index (Phi) is 24.3. The summed E-state index contributed by atoms with van der Waals surface area (Å²) >= 11 is 0. The molecule has 1 saturated carbocycles. The maximum absolute atomic E-state index is 14.5. The van der Waals surface area contributed by atoms with Gasteiger partial charge in [0, 0.05) is 65.1 Å². The zero-order valence-corrected chi connectivity index (χ0v) is 44.1. The minimum atomic E-state index is -2.43. The zero-order chi connectivity index (χ0) is 51.7. The Bertz CT molecular complexity index is 1840. The van der Waals surface area contributed by atoms with Gasteiger partial charge in [-0.25, -0.2) is 4.79 Å². The molecule has 0 radical (unpaired) electrons. The van der Waals surface area contributed by atoms with Gasteiger partial charge < -0.3 is 48.3 Å². The van der Waals surface area contributed by atoms with E-state index in [1.807, 2.05) is 65.0 Å². The summed E-state index contributed by atoms with van der Waals surface area (Å²) in [5.74, 6) is -7.83. The molecule has 15 unspecified atom stereocenters. The number of allylic oxidation sites excluding steroid dienone is 6. The van der Waals surface area contributed by atoms with Crippen LogP contribution in [0.5, 0.6) is 0 Å². The highest BCUT2D eigenvalue weighted by atomic mass is 16.6. The summed E-state index contributed by atoms with van der Waals surface area (Å²) < 4.78 is 41.5. The number of ketones is 3. The van der Waals surface area contributed by atoms with Crippen molar-refractivity contribution in [3.05, 3.63) is 47.6 Å². The van der Waals surface area contributed by atoms with E-state index >= 15 is 0 Å². The normalized spacial score (nSPS) is 36.0. The molecule has 0 aromatic rings. The molecule has 0 spiro atoms. The zero-order valence-electron chi connectivity index (χ0n) is 44.1. The second-order valence-corrected chi connectivity index (χ2v) is 20.6. The first-order valence-corrected chi connectivity index (χ1v) is 26.0. The molecule has 0 aromatic heterocycles. The van der Waals surface area contributed by atoms with Gasteiger partial charge in [0.15, 0.2) is 5.78 Å². The molecule has 3 fully saturated rings. The van der Waals surface area contributed by atoms with E-state index in [4.69, 9.17) is 33.2 Å². The smallest absolute Gasteiger partial charge is 0.329 e. The third-order valence-corrected chi connectivity index (χ3v) is 15.2. The molecule has 15 nitrogen and oxygen atoms in total. The van der Waals surface area contributed by atoms with Crippen LogP contribution in [0.1, 0.15) is 132 Å². The number of esters is 1. The van der Waals surface area contributed by atoms with Crippen LogP contribution < -0.4 is 0 Å². The lowest BCUT2D eigenvalue weighted by Gasteiger charge is -2.42. The highest BCUT2D eigenvalue weighted by Gasteiger charge is 2.53. The number of hydrogen-bond donors (Lipinski definition) is 2. The monoisotopic (exact) mass is 986 g/mol. The SMILES string of the molecule is CCOCCOC1CCC(CC(C)C2CC(=O)C(C)C=C(C)C(O)C(OC)C(=O)C(C)CC(C)C=CC=CC=C(C)C(OC)CC3CCC(C)C(O)(O3)C(=O)C(=O)N3CCCCC3C(=O)O2)CC1OC. The Hall–Kier alpha value is -3.41. The summed E-state index contributed by atoms with van der Waals surface area (Å²) in [6, 6.07) is -1.14. The summed E-state index contributed by atoms with van der Waals surface area (Å²) in [6.45, 7) is 16.4. The molecule has 2 saturated heterocycles. The van der Waals surface area contributed by atoms with Crippen molar-refractivity contribution in [2.24, 2.45) is 35.5 Å². The van der Waals surface area contributed by atoms with Crippen molar-refractivity contribution in [3.63, 3.8) is 0 Å². The van der Waals surface area contributed by atoms with E-state index < -0.39 is 77.8 Å². The van der Waals surface area contributed by atoms with Crippen molar-refractivity contribution in [1.29, 1.82) is 0 Å². The predicted molar refractivity (Wildman–Crippen MR) is 265 cm³/mol. The number of amides is 1. The fourth-order valence-electron chi connectivity index (χ4n) is 10.7. The number of nitrogens with zero attached hydrogens (tertiary/aromatic N) is 1. The Balaban J connectivity index is 1.68. The molecule has 2 bridgehead atoms. The number of piperidine rings is 1. The number of fused-ring (bicyclic) bond motifs is 3. The topological polar surface area (TPSA) is 194 Å². The Morgan fingerprint density at radius 3 is 2.27 bits per heavy atom. The molecule has 3 heterocycles. The standard InChI is InChI=1S/C55H87NO14/c1-12-67-26-27-68-45-24-22-41(31-48(45)65-10)30-37(5)47-33-44(57)36(4)29-39(7)50(59)51(66-11)49(58)38(6)28-34(2)18-14-13-15-19-35(3)46(64-9)32-42-23-21-40(8)55(63,70-42)52(60)53(61)56-25-17-16-20-43(56)54(62)69-47/h13-15,18-19,29,34,36-38,40-43,45-48,50-51,59,63H,12,16-17,20-28,30-33H2,1-11H3. The maximum atomic E-state index is 14.5. The van der Waals surface area contributed by atoms with Crippen molar-refractivity contribution in [3.8, 4) is 0 Å². The van der Waals surface area contributed by atoms with Crippen molar-refractivity contribution < 1.29 is 67.3 Å². The van der Waals surface area contributed by atoms with Gasteiger partial charge in [-0.2, -0.15) is 0 Å². The average Bonchev–Trinajstić information content (AvgIpc) is 3.34. The number of cyclic esters (lactones) is 1. The molecule has 15 atom stereocenters. The second kappa shape index (κ2) is 28.7. The third kappa shape index (κ3) is 16.3. The van der Waals surface area contributed by atoms with E-state index in [0.717, 1.165) is 18.4 Å². The van der Waals surface area contributed by atoms with Crippen LogP contribution in [0.15, 0.2) is 47.6 Å². The quantitative estimate of drug-likeness (QED) is 0.0911. The average molecular weight is 986 g/mol. The first-order chi connectivity index (χ1) is 33.3. The molecule has 1 amide bonds. The third-order valence-electron chi connectivity index (χ3n) is 15.2. The van der Waals surface area contributed by atoms with E-state index in [0.29, 0.717) is 76.8 Å². The number of carbonyl (C=O) groups is 5. The first kappa shape index (κ1) is 59.2. The molecular formula is C55H87NO14. The van der Waals surface area contributed by atoms with Crippen LogP contribution in [0.2, 0.25) is 0 Å². The van der Waals surface area contributed by atoms with Crippen LogP contribution in [0.3, 0.4) is 0 Å². The Morgan fingerprint density at radius 1 is 0.843 bits per heavy atom. The van der Waals surface area contributed by atoms with Crippen molar-refractivity contribution >= 4 is 29.2 Å². The van der Waals surface area contributed by atoms with Gasteiger partial charge in [-0.3, -0.25) is 19.2 Å². The van der Waals surface area contributed by atoms with Crippen LogP contribution in [-0.4, -0.2) is 147 Å². The van der Waals surface area contributed by atoms with Crippen LogP contribution in [0.4, 0.5) is 0 Å². The van der Waals surface area contributed by atoms with Gasteiger partial charge >= 0.3 is 5.97 Å². The Labute approximate surface area is 418 Å². The fraction of sp³-hybridized carbons (Fsp3) is 0.764. The molecule has 3 aliphatic heterocycles. The number of rotatable bonds is 11. The van der Waals surface area contributed by atoms with Crippen LogP contribution in [0.25, 0.3) is 0 Å². The number of methoxy groups -OCH3 is 3. The summed E-state index contributed by atoms with van der Waals surface area (Å²) in [5.41, 5.74) is 1.28. The number of aliphatic hydroxyl groups excluding tert-OH is 1. The van der Waals surface area contributed by atoms with Gasteiger partial charge in [0.1, 0.15) is 30.1 Å². The van der Waals surface area contributed by atoms with E-state index in [9.17, 15) is 34.2 Å². The summed E-state index contributed by atoms with van der Waals surface area (Å²) in [4.78, 5) is 72.4. The van der Waals surface area contributed by atoms with E-state index in [1.165, 1.54) is 12.0 Å². The summed E-state index contributed by atoms with van der Waals surface area (Å²) in [6.07, 6.45) is 12.4. The highest BCUT2D eigenvalue weighted by Crippen LogP contribution is 2.38. The van der Waals surface area contributed by atoms with E-state index in [2.05, 4.69) is 0 Å². The number of Topliss-reactive ketones (excluding diaryl/α,β-unsaturated/α-hetero) is 3. The van der Waals surface area contributed by atoms with Crippen molar-refractivity contribution in [2.75, 3.05) is 47.7 Å². The number of hydrogen-bond acceptors (Lipinski definition) is 14. The lowest BCUT2D eigenvalue weighted by atomic mass is 9.78. The molecule has 4 aliphatic rings. The largest absolute Gasteiger partial charge is 0.460 e. The number of carbonyl (C=O) groups excluding carboxylic acids is 5. The molecule has 4 rings (SSSR count). The van der Waals surface area contributed by atoms with Crippen LogP contribution in [-0.2, 0) is 57.1 Å². The van der Waals surface area contributed by atoms with Crippen molar-refractivity contribution in [2.45, 2.75) is 187 Å². The molecule has 70 heavy (non-hydrogen) atoms. The summed E-state index contributed by atoms with van der Waals surface area (Å²) in [7, 11) is 4.64. The molecule has 2 N–H and O–H groups in total. The first-order valence-electron chi connectivity index (χ1n) is 26.0. The Morgan fingerprint density at radius 2 is 1.59 bits per heavy atom. The van der Waals surface area contributed by atoms with Gasteiger partial charge in [-0.1, -0.05) is 71.1 Å². The van der Waals surface area contributed by atoms with Gasteiger partial charge in [0.2, 0.25) is 5.79 Å². The maximum Gasteiger partial charge on any atom is 0.329 e. The molecule has 0 aromatic carbocycles. The van der Waals surface area contributed by atoms with Crippen LogP contribution in [0, 0.1) is 35.5 Å². The van der Waals surface area contributed by atoms with E-state index in [1.54, 1.807) is 41.1 Å². The van der Waals surface area contributed by atoms with E-state index in [-0.39, 0.29) is 60.9 Å². The lowest BCUT2D eigenvalue weighted by molar-refractivity contribution is -0.265. The van der Waals surface area contributed by atoms with Crippen molar-refractivity contribution in [1.82, 2.24) is 4.90 Å². The van der Waals surface area contributed by atoms with Gasteiger partial charge in [-0.15, -0.1) is 0 Å². The van der Waals surface area contributed by atoms with Gasteiger partial charge in [0.25, 0.3) is 11.7 Å². The van der Waals surface area contributed by atoms with Gasteiger partial charge in [-0.05, 0) is 114 Å². The van der Waals surface area contributed by atoms with Crippen LogP contribution >= 0.6 is 0 Å². The predicted octanol–water partition coefficient (Wildman–Crippen LogP) is 7.24. The highest BCUT2D eigenvalue weighted by molar-refractivity contribution is 6.39. The molecule has 396 valence electrons. The number of ether oxygens (including phenoxy) is 7. The van der Waals surface area contributed by atoms with Gasteiger partial charge in [0.05, 0.1) is 37.6 Å². The molecule has 15 heteroatoms. The minimum absolute atomic E-state index is 0.0195. The minimum Gasteiger partial charge on any atom is -0.460 e. The lowest BCUT2D eigenvalue weighted by Crippen LogP contribution is -2.61. The fourth-order valence-corrected chi connectivity index (χ4v) is 10.7.